The second-order valence-electron chi connectivity index (χ2n) is 5.12. The first-order chi connectivity index (χ1) is 6.76. The molecule has 3 fully saturated rings. The summed E-state index contributed by atoms with van der Waals surface area (Å²) < 4.78 is 0. The van der Waals surface area contributed by atoms with E-state index in [0.717, 1.165) is 0 Å². The highest BCUT2D eigenvalue weighted by molar-refractivity contribution is 5.27. The highest BCUT2D eigenvalue weighted by atomic mass is 15.3. The Morgan fingerprint density at radius 2 is 1.79 bits per heavy atom. The Morgan fingerprint density at radius 1 is 1.14 bits per heavy atom. The van der Waals surface area contributed by atoms with Crippen molar-refractivity contribution in [3.63, 3.8) is 0 Å². The summed E-state index contributed by atoms with van der Waals surface area (Å²) in [6.45, 7) is 0. The molecular weight excluding hydrogens is 172 g/mol. The van der Waals surface area contributed by atoms with Crippen LogP contribution in [0, 0.1) is 5.41 Å². The van der Waals surface area contributed by atoms with Gasteiger partial charge in [0.2, 0.25) is 0 Å². The van der Waals surface area contributed by atoms with Gasteiger partial charge in [-0.25, -0.2) is 0 Å². The fraction of sp³-hybridized carbons (Fsp3) is 0.500. The van der Waals surface area contributed by atoms with Crippen LogP contribution in [0.3, 0.4) is 0 Å². The van der Waals surface area contributed by atoms with Gasteiger partial charge in [-0.2, -0.15) is 0 Å². The summed E-state index contributed by atoms with van der Waals surface area (Å²) in [6, 6.07) is 10.8. The number of nitrogens with two attached hydrogens (primary N) is 1. The zero-order valence-electron chi connectivity index (χ0n) is 8.29. The molecule has 0 saturated heterocycles. The first-order valence-corrected chi connectivity index (χ1v) is 5.28. The largest absolute Gasteiger partial charge is 0.271 e. The highest BCUT2D eigenvalue weighted by Gasteiger charge is 2.66. The zero-order chi connectivity index (χ0) is 9.65. The van der Waals surface area contributed by atoms with Crippen molar-refractivity contribution in [1.29, 1.82) is 0 Å². The molecule has 1 aromatic rings. The van der Waals surface area contributed by atoms with E-state index in [0.29, 0.717) is 11.0 Å². The number of rotatable bonds is 3. The van der Waals surface area contributed by atoms with Crippen molar-refractivity contribution in [1.82, 2.24) is 5.43 Å². The Hall–Kier alpha value is -0.860. The van der Waals surface area contributed by atoms with E-state index in [1.807, 2.05) is 0 Å². The number of hydrogen-bond acceptors (Lipinski definition) is 2. The molecule has 3 aliphatic rings. The molecule has 3 aliphatic carbocycles. The average Bonchev–Trinajstić information content (AvgIpc) is 2.10. The zero-order valence-corrected chi connectivity index (χ0v) is 8.29. The second-order valence-corrected chi connectivity index (χ2v) is 5.12. The molecule has 0 aliphatic heterocycles. The van der Waals surface area contributed by atoms with Crippen LogP contribution in [-0.2, 0) is 6.42 Å². The van der Waals surface area contributed by atoms with Gasteiger partial charge in [0.05, 0.1) is 0 Å². The summed E-state index contributed by atoms with van der Waals surface area (Å²) in [5, 5.41) is 0. The predicted molar refractivity (Wildman–Crippen MR) is 56.5 cm³/mol. The lowest BCUT2D eigenvalue weighted by Crippen LogP contribution is -2.75. The summed E-state index contributed by atoms with van der Waals surface area (Å²) in [6.07, 6.45) is 5.04. The molecule has 2 nitrogen and oxygen atoms in total. The van der Waals surface area contributed by atoms with E-state index in [2.05, 4.69) is 35.8 Å². The number of hydrazine groups is 1. The molecule has 2 bridgehead atoms. The lowest BCUT2D eigenvalue weighted by atomic mass is 9.38. The summed E-state index contributed by atoms with van der Waals surface area (Å²) >= 11 is 0. The van der Waals surface area contributed by atoms with Crippen molar-refractivity contribution in [2.24, 2.45) is 11.3 Å². The monoisotopic (exact) mass is 188 g/mol. The van der Waals surface area contributed by atoms with Crippen LogP contribution in [0.1, 0.15) is 24.8 Å². The third-order valence-electron chi connectivity index (χ3n) is 3.87. The molecule has 0 atom stereocenters. The van der Waals surface area contributed by atoms with E-state index in [1.165, 1.54) is 31.2 Å². The van der Waals surface area contributed by atoms with E-state index in [4.69, 9.17) is 5.84 Å². The van der Waals surface area contributed by atoms with Gasteiger partial charge < -0.3 is 0 Å². The molecule has 0 aromatic heterocycles. The smallest absolute Gasteiger partial charge is 0.0337 e. The Kier molecular flexibility index (Phi) is 1.56. The van der Waals surface area contributed by atoms with E-state index in [1.54, 1.807) is 0 Å². The van der Waals surface area contributed by atoms with Gasteiger partial charge in [0, 0.05) is 5.54 Å². The van der Waals surface area contributed by atoms with Gasteiger partial charge in [-0.1, -0.05) is 30.3 Å². The van der Waals surface area contributed by atoms with Gasteiger partial charge in [-0.15, -0.1) is 0 Å². The van der Waals surface area contributed by atoms with Crippen LogP contribution < -0.4 is 11.3 Å². The first kappa shape index (κ1) is 8.45. The van der Waals surface area contributed by atoms with E-state index < -0.39 is 0 Å². The lowest BCUT2D eigenvalue weighted by molar-refractivity contribution is -0.153. The summed E-state index contributed by atoms with van der Waals surface area (Å²) in [5.41, 5.74) is 5.34. The van der Waals surface area contributed by atoms with Crippen LogP contribution in [0.4, 0.5) is 0 Å². The molecule has 0 unspecified atom stereocenters. The van der Waals surface area contributed by atoms with Crippen molar-refractivity contribution >= 4 is 0 Å². The summed E-state index contributed by atoms with van der Waals surface area (Å²) in [4.78, 5) is 0. The minimum atomic E-state index is 0.328. The minimum Gasteiger partial charge on any atom is -0.271 e. The van der Waals surface area contributed by atoms with Crippen molar-refractivity contribution in [2.45, 2.75) is 31.2 Å². The molecular formula is C12H16N2. The van der Waals surface area contributed by atoms with Gasteiger partial charge in [-0.3, -0.25) is 11.3 Å². The Bertz CT molecular complexity index is 325. The Labute approximate surface area is 84.5 Å². The molecule has 3 N–H and O–H groups in total. The Morgan fingerprint density at radius 3 is 2.36 bits per heavy atom. The third kappa shape index (κ3) is 1.04. The molecule has 0 radical (unpaired) electrons. The van der Waals surface area contributed by atoms with Crippen molar-refractivity contribution in [3.05, 3.63) is 35.9 Å². The van der Waals surface area contributed by atoms with E-state index in [-0.39, 0.29) is 0 Å². The molecule has 4 rings (SSSR count). The molecule has 3 saturated carbocycles. The maximum absolute atomic E-state index is 5.51. The quantitative estimate of drug-likeness (QED) is 0.558. The van der Waals surface area contributed by atoms with E-state index >= 15 is 0 Å². The van der Waals surface area contributed by atoms with Crippen LogP contribution >= 0.6 is 0 Å². The fourth-order valence-electron chi connectivity index (χ4n) is 3.37. The van der Waals surface area contributed by atoms with E-state index in [9.17, 15) is 0 Å². The van der Waals surface area contributed by atoms with Crippen LogP contribution in [0.5, 0.6) is 0 Å². The maximum Gasteiger partial charge on any atom is 0.0337 e. The lowest BCUT2D eigenvalue weighted by Gasteiger charge is -2.70. The van der Waals surface area contributed by atoms with Gasteiger partial charge in [-0.05, 0) is 36.7 Å². The molecule has 0 heterocycles. The third-order valence-corrected chi connectivity index (χ3v) is 3.87. The number of hydrogen-bond donors (Lipinski definition) is 2. The Balaban J connectivity index is 1.67. The number of nitrogens with one attached hydrogen (secondary N) is 1. The molecule has 0 amide bonds. The molecule has 74 valence electrons. The standard InChI is InChI=1S/C12H16N2/c13-14-12-7-11(8-12,9-12)6-10-4-2-1-3-5-10/h1-5,14H,6-9,13H2. The topological polar surface area (TPSA) is 38.0 Å². The molecule has 1 aromatic carbocycles. The second kappa shape index (κ2) is 2.59. The first-order valence-electron chi connectivity index (χ1n) is 5.28. The average molecular weight is 188 g/mol. The summed E-state index contributed by atoms with van der Waals surface area (Å²) in [7, 11) is 0. The van der Waals surface area contributed by atoms with Crippen molar-refractivity contribution in [3.8, 4) is 0 Å². The summed E-state index contributed by atoms with van der Waals surface area (Å²) in [5.74, 6) is 5.51. The fourth-order valence-corrected chi connectivity index (χ4v) is 3.37. The SMILES string of the molecule is NNC12CC(Cc3ccccc3)(C1)C2. The molecule has 14 heavy (non-hydrogen) atoms. The predicted octanol–water partition coefficient (Wildman–Crippen LogP) is 1.62. The van der Waals surface area contributed by atoms with Crippen LogP contribution in [0.2, 0.25) is 0 Å². The van der Waals surface area contributed by atoms with Gasteiger partial charge in [0.1, 0.15) is 0 Å². The van der Waals surface area contributed by atoms with Crippen LogP contribution in [0.25, 0.3) is 0 Å². The molecule has 0 spiro atoms. The van der Waals surface area contributed by atoms with Gasteiger partial charge >= 0.3 is 0 Å². The van der Waals surface area contributed by atoms with Gasteiger partial charge in [0.15, 0.2) is 0 Å². The highest BCUT2D eigenvalue weighted by Crippen LogP contribution is 2.68. The molecule has 2 heteroatoms. The van der Waals surface area contributed by atoms with Crippen LogP contribution in [0.15, 0.2) is 30.3 Å². The number of benzene rings is 1. The minimum absolute atomic E-state index is 0.328. The van der Waals surface area contributed by atoms with Crippen molar-refractivity contribution < 1.29 is 0 Å². The van der Waals surface area contributed by atoms with Crippen molar-refractivity contribution in [2.75, 3.05) is 0 Å². The maximum atomic E-state index is 5.51. The van der Waals surface area contributed by atoms with Crippen LogP contribution in [-0.4, -0.2) is 5.54 Å². The van der Waals surface area contributed by atoms with Gasteiger partial charge in [0.25, 0.3) is 0 Å². The normalized spacial score (nSPS) is 38.6.